The molecule has 0 spiro atoms. The van der Waals surface area contributed by atoms with Crippen LogP contribution in [0.15, 0.2) is 30.3 Å². The van der Waals surface area contributed by atoms with Crippen LogP contribution >= 0.6 is 11.3 Å². The Morgan fingerprint density at radius 2 is 1.88 bits per heavy atom. The Hall–Kier alpha value is -2.80. The molecule has 6 nitrogen and oxygen atoms in total. The van der Waals surface area contributed by atoms with Gasteiger partial charge in [-0.2, -0.15) is 0 Å². The molecule has 2 heterocycles. The summed E-state index contributed by atoms with van der Waals surface area (Å²) in [5, 5.41) is 6.10. The van der Waals surface area contributed by atoms with E-state index < -0.39 is 0 Å². The lowest BCUT2D eigenvalue weighted by Gasteiger charge is -2.07. The Bertz CT molecular complexity index is 911. The van der Waals surface area contributed by atoms with Gasteiger partial charge in [-0.3, -0.25) is 5.32 Å². The first-order chi connectivity index (χ1) is 11.6. The molecular weight excluding hydrogens is 326 g/mol. The average Bonchev–Trinajstić information content (AvgIpc) is 3.13. The second kappa shape index (κ2) is 5.68. The van der Waals surface area contributed by atoms with Crippen LogP contribution < -0.4 is 20.1 Å². The van der Waals surface area contributed by atoms with Crippen molar-refractivity contribution in [2.75, 3.05) is 17.4 Å². The average molecular weight is 341 g/mol. The van der Waals surface area contributed by atoms with Crippen LogP contribution in [-0.4, -0.2) is 17.8 Å². The highest BCUT2D eigenvalue weighted by molar-refractivity contribution is 7.22. The maximum absolute atomic E-state index is 12.2. The first kappa shape index (κ1) is 14.8. The Kier molecular flexibility index (Phi) is 3.50. The van der Waals surface area contributed by atoms with Gasteiger partial charge in [-0.05, 0) is 37.1 Å². The van der Waals surface area contributed by atoms with E-state index in [1.807, 2.05) is 44.2 Å². The number of fused-ring (bicyclic) bond motifs is 2. The monoisotopic (exact) mass is 341 g/mol. The van der Waals surface area contributed by atoms with Crippen LogP contribution in [0.1, 0.15) is 11.1 Å². The summed E-state index contributed by atoms with van der Waals surface area (Å²) in [5.41, 5.74) is 3.83. The molecule has 4 rings (SSSR count). The number of anilines is 2. The van der Waals surface area contributed by atoms with Crippen molar-refractivity contribution in [3.8, 4) is 11.5 Å². The summed E-state index contributed by atoms with van der Waals surface area (Å²) in [4.78, 5) is 16.6. The molecule has 0 fully saturated rings. The van der Waals surface area contributed by atoms with Crippen molar-refractivity contribution < 1.29 is 14.3 Å². The molecule has 1 aliphatic rings. The van der Waals surface area contributed by atoms with Crippen LogP contribution in [-0.2, 0) is 0 Å². The summed E-state index contributed by atoms with van der Waals surface area (Å²) >= 11 is 1.39. The zero-order chi connectivity index (χ0) is 16.7. The quantitative estimate of drug-likeness (QED) is 0.729. The Morgan fingerprint density at radius 1 is 1.08 bits per heavy atom. The van der Waals surface area contributed by atoms with E-state index in [-0.39, 0.29) is 12.8 Å². The molecule has 0 unspecified atom stereocenters. The zero-order valence-corrected chi connectivity index (χ0v) is 14.0. The van der Waals surface area contributed by atoms with Gasteiger partial charge in [0.05, 0.1) is 10.2 Å². The Morgan fingerprint density at radius 3 is 2.67 bits per heavy atom. The number of aryl methyl sites for hydroxylation is 2. The summed E-state index contributed by atoms with van der Waals surface area (Å²) in [6.07, 6.45) is 0. The lowest BCUT2D eigenvalue weighted by molar-refractivity contribution is 0.174. The number of carbonyl (C=O) groups is 1. The number of benzene rings is 2. The lowest BCUT2D eigenvalue weighted by Crippen LogP contribution is -2.19. The van der Waals surface area contributed by atoms with Gasteiger partial charge in [0.2, 0.25) is 6.79 Å². The van der Waals surface area contributed by atoms with Crippen molar-refractivity contribution >= 4 is 38.4 Å². The molecule has 3 aromatic rings. The summed E-state index contributed by atoms with van der Waals surface area (Å²) in [7, 11) is 0. The number of amides is 2. The highest BCUT2D eigenvalue weighted by Gasteiger charge is 2.17. The maximum Gasteiger partial charge on any atom is 0.325 e. The van der Waals surface area contributed by atoms with Crippen LogP contribution in [0.4, 0.5) is 15.6 Å². The topological polar surface area (TPSA) is 72.5 Å². The van der Waals surface area contributed by atoms with Gasteiger partial charge in [-0.1, -0.05) is 17.4 Å². The summed E-state index contributed by atoms with van der Waals surface area (Å²) < 4.78 is 11.6. The van der Waals surface area contributed by atoms with Gasteiger partial charge in [0, 0.05) is 17.8 Å². The van der Waals surface area contributed by atoms with Gasteiger partial charge in [0.1, 0.15) is 0 Å². The van der Waals surface area contributed by atoms with Gasteiger partial charge in [0.25, 0.3) is 0 Å². The summed E-state index contributed by atoms with van der Waals surface area (Å²) in [5.74, 6) is 1.39. The number of ether oxygens (including phenoxy) is 2. The van der Waals surface area contributed by atoms with E-state index in [2.05, 4.69) is 15.6 Å². The number of carbonyl (C=O) groups excluding carboxylic acids is 1. The van der Waals surface area contributed by atoms with E-state index in [4.69, 9.17) is 9.47 Å². The number of nitrogens with zero attached hydrogens (tertiary/aromatic N) is 1. The van der Waals surface area contributed by atoms with Gasteiger partial charge in [-0.25, -0.2) is 9.78 Å². The number of hydrogen-bond acceptors (Lipinski definition) is 5. The molecule has 2 amide bonds. The van der Waals surface area contributed by atoms with Gasteiger partial charge < -0.3 is 14.8 Å². The minimum Gasteiger partial charge on any atom is -0.454 e. The Balaban J connectivity index is 1.51. The molecule has 1 aromatic heterocycles. The number of nitrogens with one attached hydrogen (secondary N) is 2. The minimum absolute atomic E-state index is 0.232. The van der Waals surface area contributed by atoms with Gasteiger partial charge >= 0.3 is 6.03 Å². The molecule has 0 aliphatic carbocycles. The first-order valence-electron chi connectivity index (χ1n) is 7.44. The molecule has 1 aliphatic heterocycles. The third kappa shape index (κ3) is 2.74. The number of hydrogen-bond donors (Lipinski definition) is 2. The van der Waals surface area contributed by atoms with Gasteiger partial charge in [0.15, 0.2) is 16.6 Å². The SMILES string of the molecule is Cc1ccc(NC(=O)Nc2nc3cc4c(cc3s2)OCO4)cc1C. The number of rotatable bonds is 2. The number of thiazole rings is 1. The smallest absolute Gasteiger partial charge is 0.325 e. The van der Waals surface area contributed by atoms with E-state index in [1.54, 1.807) is 0 Å². The lowest BCUT2D eigenvalue weighted by atomic mass is 10.1. The van der Waals surface area contributed by atoms with Crippen LogP contribution in [0.5, 0.6) is 11.5 Å². The number of urea groups is 1. The largest absolute Gasteiger partial charge is 0.454 e. The predicted molar refractivity (Wildman–Crippen MR) is 94.3 cm³/mol. The van der Waals surface area contributed by atoms with Crippen LogP contribution in [0.25, 0.3) is 10.2 Å². The third-order valence-corrected chi connectivity index (χ3v) is 4.80. The van der Waals surface area contributed by atoms with Crippen LogP contribution in [0.2, 0.25) is 0 Å². The van der Waals surface area contributed by atoms with E-state index in [9.17, 15) is 4.79 Å². The minimum atomic E-state index is -0.322. The molecule has 0 bridgehead atoms. The molecule has 122 valence electrons. The van der Waals surface area contributed by atoms with Crippen molar-refractivity contribution in [1.82, 2.24) is 4.98 Å². The third-order valence-electron chi connectivity index (χ3n) is 3.87. The molecule has 0 saturated heterocycles. The van der Waals surface area contributed by atoms with E-state index in [0.29, 0.717) is 16.6 Å². The fourth-order valence-corrected chi connectivity index (χ4v) is 3.32. The summed E-state index contributed by atoms with van der Waals surface area (Å²) in [6, 6.07) is 9.16. The molecule has 2 aromatic carbocycles. The van der Waals surface area contributed by atoms with Crippen molar-refractivity contribution in [2.45, 2.75) is 13.8 Å². The normalized spacial score (nSPS) is 12.4. The fourth-order valence-electron chi connectivity index (χ4n) is 2.45. The molecule has 7 heteroatoms. The van der Waals surface area contributed by atoms with Gasteiger partial charge in [-0.15, -0.1) is 0 Å². The molecule has 0 radical (unpaired) electrons. The zero-order valence-electron chi connectivity index (χ0n) is 13.2. The molecule has 2 N–H and O–H groups in total. The molecule has 24 heavy (non-hydrogen) atoms. The highest BCUT2D eigenvalue weighted by atomic mass is 32.1. The second-order valence-corrected chi connectivity index (χ2v) is 6.60. The van der Waals surface area contributed by atoms with Crippen molar-refractivity contribution in [2.24, 2.45) is 0 Å². The second-order valence-electron chi connectivity index (χ2n) is 5.57. The molecular formula is C17H15N3O3S. The molecule has 0 atom stereocenters. The summed E-state index contributed by atoms with van der Waals surface area (Å²) in [6.45, 7) is 4.27. The number of aromatic nitrogens is 1. The van der Waals surface area contributed by atoms with E-state index in [1.165, 1.54) is 16.9 Å². The molecule has 0 saturated carbocycles. The van der Waals surface area contributed by atoms with Crippen molar-refractivity contribution in [3.63, 3.8) is 0 Å². The van der Waals surface area contributed by atoms with Crippen LogP contribution in [0, 0.1) is 13.8 Å². The fraction of sp³-hybridized carbons (Fsp3) is 0.176. The van der Waals surface area contributed by atoms with E-state index in [0.717, 1.165) is 21.5 Å². The van der Waals surface area contributed by atoms with Crippen LogP contribution in [0.3, 0.4) is 0 Å². The maximum atomic E-state index is 12.2. The van der Waals surface area contributed by atoms with Crippen molar-refractivity contribution in [3.05, 3.63) is 41.5 Å². The standard InChI is InChI=1S/C17H15N3O3S/c1-9-3-4-11(5-10(9)2)18-16(21)20-17-19-12-6-13-14(23-8-22-13)7-15(12)24-17/h3-7H,8H2,1-2H3,(H2,18,19,20,21). The Labute approximate surface area is 142 Å². The van der Waals surface area contributed by atoms with Crippen molar-refractivity contribution in [1.29, 1.82) is 0 Å². The predicted octanol–water partition coefficient (Wildman–Crippen LogP) is 4.29. The first-order valence-corrected chi connectivity index (χ1v) is 8.25. The van der Waals surface area contributed by atoms with E-state index >= 15 is 0 Å². The highest BCUT2D eigenvalue weighted by Crippen LogP contribution is 2.38.